The lowest BCUT2D eigenvalue weighted by Gasteiger charge is -2.26. The number of rotatable bonds is 4. The molecule has 6 nitrogen and oxygen atoms in total. The molecule has 0 unspecified atom stereocenters. The third-order valence-electron chi connectivity index (χ3n) is 4.73. The van der Waals surface area contributed by atoms with Crippen LogP contribution in [-0.2, 0) is 4.79 Å². The van der Waals surface area contributed by atoms with Crippen LogP contribution < -0.4 is 10.2 Å². The van der Waals surface area contributed by atoms with E-state index in [2.05, 4.69) is 15.3 Å². The number of nitrogens with one attached hydrogen (secondary N) is 1. The van der Waals surface area contributed by atoms with Crippen molar-refractivity contribution in [3.8, 4) is 0 Å². The first kappa shape index (κ1) is 15.2. The van der Waals surface area contributed by atoms with Gasteiger partial charge in [-0.15, -0.1) is 0 Å². The summed E-state index contributed by atoms with van der Waals surface area (Å²) in [7, 11) is 0. The number of amides is 1. The maximum Gasteiger partial charge on any atom is 0.225 e. The molecule has 0 spiro atoms. The maximum absolute atomic E-state index is 12.2. The van der Waals surface area contributed by atoms with Gasteiger partial charge in [0, 0.05) is 31.4 Å². The molecule has 22 heavy (non-hydrogen) atoms. The summed E-state index contributed by atoms with van der Waals surface area (Å²) in [5.41, 5.74) is -0.885. The third kappa shape index (κ3) is 3.55. The normalized spacial score (nSPS) is 26.1. The number of anilines is 1. The molecule has 2 fully saturated rings. The molecule has 6 heteroatoms. The fraction of sp³-hybridized carbons (Fsp3) is 0.688. The molecule has 1 saturated carbocycles. The van der Waals surface area contributed by atoms with Crippen LogP contribution in [0, 0.1) is 5.92 Å². The van der Waals surface area contributed by atoms with Gasteiger partial charge >= 0.3 is 0 Å². The quantitative estimate of drug-likeness (QED) is 0.871. The number of hydrogen-bond acceptors (Lipinski definition) is 5. The number of hydrogen-bond donors (Lipinski definition) is 2. The molecule has 1 aliphatic heterocycles. The van der Waals surface area contributed by atoms with Gasteiger partial charge in [0.2, 0.25) is 11.9 Å². The molecule has 1 amide bonds. The topological polar surface area (TPSA) is 78.4 Å². The summed E-state index contributed by atoms with van der Waals surface area (Å²) in [5, 5.41) is 13.6. The summed E-state index contributed by atoms with van der Waals surface area (Å²) in [6.45, 7) is 1.48. The van der Waals surface area contributed by atoms with Crippen LogP contribution in [0.2, 0.25) is 0 Å². The number of nitrogens with zero attached hydrogens (tertiary/aromatic N) is 3. The van der Waals surface area contributed by atoms with E-state index in [9.17, 15) is 9.90 Å². The van der Waals surface area contributed by atoms with Crippen LogP contribution in [0.3, 0.4) is 0 Å². The average Bonchev–Trinajstić information content (AvgIpc) is 2.97. The maximum atomic E-state index is 12.2. The van der Waals surface area contributed by atoms with Gasteiger partial charge in [-0.05, 0) is 25.3 Å². The molecule has 1 aromatic heterocycles. The lowest BCUT2D eigenvalue weighted by atomic mass is 9.88. The van der Waals surface area contributed by atoms with Gasteiger partial charge in [0.25, 0.3) is 0 Å². The summed E-state index contributed by atoms with van der Waals surface area (Å²) < 4.78 is 0. The highest BCUT2D eigenvalue weighted by Crippen LogP contribution is 2.26. The monoisotopic (exact) mass is 304 g/mol. The van der Waals surface area contributed by atoms with Gasteiger partial charge < -0.3 is 15.3 Å². The summed E-state index contributed by atoms with van der Waals surface area (Å²) in [4.78, 5) is 22.6. The molecule has 0 aromatic carbocycles. The smallest absolute Gasteiger partial charge is 0.225 e. The fourth-order valence-corrected chi connectivity index (χ4v) is 3.39. The number of carbonyl (C=O) groups excluding carboxylic acids is 1. The van der Waals surface area contributed by atoms with Crippen LogP contribution in [-0.4, -0.2) is 46.2 Å². The molecule has 2 aliphatic rings. The molecule has 1 atom stereocenters. The Kier molecular flexibility index (Phi) is 4.57. The Hall–Kier alpha value is -1.69. The van der Waals surface area contributed by atoms with Crippen molar-refractivity contribution in [1.82, 2.24) is 15.3 Å². The fourth-order valence-electron chi connectivity index (χ4n) is 3.39. The molecule has 2 N–H and O–H groups in total. The van der Waals surface area contributed by atoms with Crippen molar-refractivity contribution in [2.24, 2.45) is 5.92 Å². The Morgan fingerprint density at radius 2 is 2.05 bits per heavy atom. The Morgan fingerprint density at radius 1 is 1.32 bits per heavy atom. The van der Waals surface area contributed by atoms with Crippen LogP contribution in [0.4, 0.5) is 5.95 Å². The SMILES string of the molecule is O=C(NC[C@]1(O)CCN(c2ncccn2)C1)C1CCCCC1. The minimum atomic E-state index is -0.885. The minimum Gasteiger partial charge on any atom is -0.386 e. The zero-order valence-electron chi connectivity index (χ0n) is 12.9. The van der Waals surface area contributed by atoms with Crippen molar-refractivity contribution in [3.05, 3.63) is 18.5 Å². The van der Waals surface area contributed by atoms with Gasteiger partial charge in [-0.3, -0.25) is 4.79 Å². The highest BCUT2D eigenvalue weighted by atomic mass is 16.3. The first-order valence-corrected chi connectivity index (χ1v) is 8.18. The van der Waals surface area contributed by atoms with Crippen LogP contribution in [0.25, 0.3) is 0 Å². The van der Waals surface area contributed by atoms with E-state index in [1.165, 1.54) is 6.42 Å². The van der Waals surface area contributed by atoms with Crippen LogP contribution in [0.1, 0.15) is 38.5 Å². The largest absolute Gasteiger partial charge is 0.386 e. The lowest BCUT2D eigenvalue weighted by molar-refractivity contribution is -0.127. The predicted molar refractivity (Wildman–Crippen MR) is 83.4 cm³/mol. The zero-order valence-corrected chi connectivity index (χ0v) is 12.9. The summed E-state index contributed by atoms with van der Waals surface area (Å²) in [6.07, 6.45) is 9.50. The molecule has 1 aromatic rings. The van der Waals surface area contributed by atoms with E-state index in [1.807, 2.05) is 4.90 Å². The van der Waals surface area contributed by atoms with Gasteiger partial charge in [0.1, 0.15) is 5.60 Å². The van der Waals surface area contributed by atoms with Gasteiger partial charge in [0.15, 0.2) is 0 Å². The molecule has 1 saturated heterocycles. The van der Waals surface area contributed by atoms with Crippen molar-refractivity contribution >= 4 is 11.9 Å². The average molecular weight is 304 g/mol. The molecule has 3 rings (SSSR count). The molecule has 120 valence electrons. The van der Waals surface area contributed by atoms with Gasteiger partial charge in [-0.25, -0.2) is 9.97 Å². The van der Waals surface area contributed by atoms with Crippen LogP contribution >= 0.6 is 0 Å². The Labute approximate surface area is 131 Å². The van der Waals surface area contributed by atoms with E-state index in [4.69, 9.17) is 0 Å². The number of β-amino-alcohol motifs (C(OH)–C–C–N with tert-alkyl or cyclic N) is 1. The molecule has 2 heterocycles. The van der Waals surface area contributed by atoms with Crippen molar-refractivity contribution in [2.45, 2.75) is 44.1 Å². The van der Waals surface area contributed by atoms with E-state index < -0.39 is 5.60 Å². The second-order valence-corrected chi connectivity index (χ2v) is 6.50. The van der Waals surface area contributed by atoms with Crippen molar-refractivity contribution < 1.29 is 9.90 Å². The Bertz CT molecular complexity index is 504. The molecular weight excluding hydrogens is 280 g/mol. The Morgan fingerprint density at radius 3 is 2.77 bits per heavy atom. The van der Waals surface area contributed by atoms with E-state index in [1.54, 1.807) is 18.5 Å². The van der Waals surface area contributed by atoms with E-state index in [-0.39, 0.29) is 11.8 Å². The first-order valence-electron chi connectivity index (χ1n) is 8.18. The van der Waals surface area contributed by atoms with E-state index >= 15 is 0 Å². The molecule has 0 radical (unpaired) electrons. The lowest BCUT2D eigenvalue weighted by Crippen LogP contribution is -2.46. The highest BCUT2D eigenvalue weighted by Gasteiger charge is 2.37. The van der Waals surface area contributed by atoms with Crippen molar-refractivity contribution in [3.63, 3.8) is 0 Å². The zero-order chi connectivity index (χ0) is 15.4. The number of carbonyl (C=O) groups is 1. The van der Waals surface area contributed by atoms with E-state index in [0.29, 0.717) is 32.0 Å². The predicted octanol–water partition coefficient (Wildman–Crippen LogP) is 1.11. The Balaban J connectivity index is 1.51. The van der Waals surface area contributed by atoms with Crippen LogP contribution in [0.15, 0.2) is 18.5 Å². The second-order valence-electron chi connectivity index (χ2n) is 6.50. The van der Waals surface area contributed by atoms with Crippen molar-refractivity contribution in [1.29, 1.82) is 0 Å². The van der Waals surface area contributed by atoms with Gasteiger partial charge in [-0.2, -0.15) is 0 Å². The molecule has 0 bridgehead atoms. The summed E-state index contributed by atoms with van der Waals surface area (Å²) >= 11 is 0. The van der Waals surface area contributed by atoms with Crippen LogP contribution in [0.5, 0.6) is 0 Å². The third-order valence-corrected chi connectivity index (χ3v) is 4.73. The van der Waals surface area contributed by atoms with E-state index in [0.717, 1.165) is 25.7 Å². The molecular formula is C16H24N4O2. The standard InChI is InChI=1S/C16H24N4O2/c21-14(13-5-2-1-3-6-13)19-11-16(22)7-10-20(12-16)15-17-8-4-9-18-15/h4,8-9,13,22H,1-3,5-7,10-12H2,(H,19,21)/t16-/m1/s1. The van der Waals surface area contributed by atoms with Crippen molar-refractivity contribution in [2.75, 3.05) is 24.5 Å². The minimum absolute atomic E-state index is 0.0996. The number of aliphatic hydroxyl groups is 1. The summed E-state index contributed by atoms with van der Waals surface area (Å²) in [6, 6.07) is 1.77. The second kappa shape index (κ2) is 6.60. The molecule has 1 aliphatic carbocycles. The first-order chi connectivity index (χ1) is 10.7. The van der Waals surface area contributed by atoms with Gasteiger partial charge in [0.05, 0.1) is 6.54 Å². The highest BCUT2D eigenvalue weighted by molar-refractivity contribution is 5.78. The number of aromatic nitrogens is 2. The summed E-state index contributed by atoms with van der Waals surface area (Å²) in [5.74, 6) is 0.867. The van der Waals surface area contributed by atoms with Gasteiger partial charge in [-0.1, -0.05) is 19.3 Å².